The Bertz CT molecular complexity index is 2710. The van der Waals surface area contributed by atoms with Gasteiger partial charge in [-0.1, -0.05) is 133 Å². The van der Waals surface area contributed by atoms with Gasteiger partial charge in [-0.05, 0) is 71.3 Å². The molecule has 250 valence electrons. The van der Waals surface area contributed by atoms with Crippen LogP contribution in [0.15, 0.2) is 188 Å². The summed E-state index contributed by atoms with van der Waals surface area (Å²) in [4.78, 5) is 2.28. The van der Waals surface area contributed by atoms with Crippen LogP contribution in [0.4, 0.5) is 17.1 Å². The van der Waals surface area contributed by atoms with Gasteiger partial charge in [0.05, 0.1) is 16.8 Å². The number of rotatable bonds is 3. The van der Waals surface area contributed by atoms with E-state index < -0.39 is 5.41 Å². The van der Waals surface area contributed by atoms with E-state index in [9.17, 15) is 0 Å². The average molecular weight is 682 g/mol. The third-order valence-corrected chi connectivity index (χ3v) is 10.8. The molecule has 0 aromatic heterocycles. The van der Waals surface area contributed by atoms with Crippen LogP contribution in [-0.2, 0) is 5.41 Å². The van der Waals surface area contributed by atoms with Gasteiger partial charge >= 0.3 is 0 Å². The molecule has 3 aliphatic rings. The third-order valence-electron chi connectivity index (χ3n) is 10.8. The Morgan fingerprint density at radius 2 is 0.868 bits per heavy atom. The maximum absolute atomic E-state index is 6.89. The first-order valence-electron chi connectivity index (χ1n) is 17.9. The van der Waals surface area contributed by atoms with E-state index in [0.717, 1.165) is 96.1 Å². The highest BCUT2D eigenvalue weighted by molar-refractivity contribution is 5.92. The molecule has 4 nitrogen and oxygen atoms in total. The first-order chi connectivity index (χ1) is 26.3. The van der Waals surface area contributed by atoms with Crippen LogP contribution < -0.4 is 19.1 Å². The number of ether oxygens (including phenoxy) is 3. The Labute approximate surface area is 307 Å². The van der Waals surface area contributed by atoms with Crippen LogP contribution in [0.25, 0.3) is 22.3 Å². The molecule has 53 heavy (non-hydrogen) atoms. The third kappa shape index (κ3) is 4.36. The maximum atomic E-state index is 6.89. The van der Waals surface area contributed by atoms with Crippen LogP contribution in [0.3, 0.4) is 0 Å². The summed E-state index contributed by atoms with van der Waals surface area (Å²) in [5.41, 5.74) is 10.9. The van der Waals surface area contributed by atoms with Crippen LogP contribution in [0.2, 0.25) is 0 Å². The Balaban J connectivity index is 1.13. The molecule has 11 rings (SSSR count). The lowest BCUT2D eigenvalue weighted by molar-refractivity contribution is 0.399. The summed E-state index contributed by atoms with van der Waals surface area (Å²) in [6.07, 6.45) is 0. The number of nitrogens with zero attached hydrogens (tertiary/aromatic N) is 1. The van der Waals surface area contributed by atoms with Crippen molar-refractivity contribution < 1.29 is 14.2 Å². The second kappa shape index (κ2) is 11.5. The van der Waals surface area contributed by atoms with Crippen LogP contribution >= 0.6 is 0 Å². The van der Waals surface area contributed by atoms with Crippen LogP contribution in [-0.4, -0.2) is 0 Å². The van der Waals surface area contributed by atoms with E-state index in [2.05, 4.69) is 157 Å². The molecule has 0 aliphatic carbocycles. The Kier molecular flexibility index (Phi) is 6.43. The quantitative estimate of drug-likeness (QED) is 0.186. The Hall–Kier alpha value is -7.04. The highest BCUT2D eigenvalue weighted by Gasteiger charge is 2.50. The predicted octanol–water partition coefficient (Wildman–Crippen LogP) is 13.2. The van der Waals surface area contributed by atoms with Crippen molar-refractivity contribution >= 4 is 17.1 Å². The standard InChI is InChI=1S/C49H31NO3/c1-3-14-32(15-4-1)33-26-28-39-46(30-33)51-43-23-10-7-19-37(43)49(39)38-20-8-11-24-44(38)52-47-31-34(27-29-40(47)49)36-18-13-22-42-48(36)53-45-25-12-9-21-41(45)50(42)35-16-5-2-6-17-35/h1-31H. The fourth-order valence-electron chi connectivity index (χ4n) is 8.51. The molecule has 0 saturated carbocycles. The number of benzene rings is 8. The fraction of sp³-hybridized carbons (Fsp3) is 0.0204. The van der Waals surface area contributed by atoms with Gasteiger partial charge in [-0.25, -0.2) is 0 Å². The first-order valence-corrected chi connectivity index (χ1v) is 17.9. The Morgan fingerprint density at radius 1 is 0.340 bits per heavy atom. The van der Waals surface area contributed by atoms with Crippen LogP contribution in [0, 0.1) is 0 Å². The molecule has 8 aromatic carbocycles. The number of hydrogen-bond acceptors (Lipinski definition) is 4. The minimum Gasteiger partial charge on any atom is -0.457 e. The summed E-state index contributed by atoms with van der Waals surface area (Å²) in [6, 6.07) is 65.6. The summed E-state index contributed by atoms with van der Waals surface area (Å²) in [5, 5.41) is 0. The summed E-state index contributed by atoms with van der Waals surface area (Å²) in [5.74, 6) is 4.90. The molecule has 0 radical (unpaired) electrons. The predicted molar refractivity (Wildman–Crippen MR) is 211 cm³/mol. The van der Waals surface area contributed by atoms with Crippen molar-refractivity contribution in [3.8, 4) is 56.8 Å². The molecule has 1 atom stereocenters. The van der Waals surface area contributed by atoms with Crippen molar-refractivity contribution in [3.63, 3.8) is 0 Å². The monoisotopic (exact) mass is 681 g/mol. The van der Waals surface area contributed by atoms with Crippen LogP contribution in [0.5, 0.6) is 34.5 Å². The van der Waals surface area contributed by atoms with Gasteiger partial charge in [0.15, 0.2) is 11.5 Å². The minimum atomic E-state index is -0.683. The van der Waals surface area contributed by atoms with Crippen molar-refractivity contribution in [2.75, 3.05) is 4.90 Å². The summed E-state index contributed by atoms with van der Waals surface area (Å²) < 4.78 is 20.4. The van der Waals surface area contributed by atoms with Crippen molar-refractivity contribution in [2.45, 2.75) is 5.41 Å². The smallest absolute Gasteiger partial charge is 0.159 e. The van der Waals surface area contributed by atoms with E-state index in [1.54, 1.807) is 0 Å². The van der Waals surface area contributed by atoms with Gasteiger partial charge in [0.1, 0.15) is 23.0 Å². The molecule has 3 aliphatic heterocycles. The fourth-order valence-corrected chi connectivity index (χ4v) is 8.51. The van der Waals surface area contributed by atoms with E-state index in [4.69, 9.17) is 14.2 Å². The number of fused-ring (bicyclic) bond motifs is 10. The lowest BCUT2D eigenvalue weighted by atomic mass is 9.62. The zero-order valence-electron chi connectivity index (χ0n) is 28.6. The van der Waals surface area contributed by atoms with Crippen molar-refractivity contribution in [1.29, 1.82) is 0 Å². The van der Waals surface area contributed by atoms with E-state index >= 15 is 0 Å². The van der Waals surface area contributed by atoms with Gasteiger partial charge in [-0.2, -0.15) is 0 Å². The molecule has 0 amide bonds. The minimum absolute atomic E-state index is 0.683. The van der Waals surface area contributed by atoms with E-state index in [1.165, 1.54) is 0 Å². The molecule has 0 bridgehead atoms. The lowest BCUT2D eigenvalue weighted by Crippen LogP contribution is -2.36. The van der Waals surface area contributed by atoms with E-state index in [1.807, 2.05) is 36.4 Å². The summed E-state index contributed by atoms with van der Waals surface area (Å²) in [6.45, 7) is 0. The summed E-state index contributed by atoms with van der Waals surface area (Å²) in [7, 11) is 0. The number of para-hydroxylation sites is 6. The molecule has 0 fully saturated rings. The number of hydrogen-bond donors (Lipinski definition) is 0. The van der Waals surface area contributed by atoms with Gasteiger partial charge in [-0.15, -0.1) is 0 Å². The highest BCUT2D eigenvalue weighted by atomic mass is 16.5. The zero-order chi connectivity index (χ0) is 34.9. The molecule has 0 N–H and O–H groups in total. The van der Waals surface area contributed by atoms with Crippen molar-refractivity contribution in [3.05, 3.63) is 210 Å². The lowest BCUT2D eigenvalue weighted by Gasteiger charge is -2.45. The van der Waals surface area contributed by atoms with Gasteiger partial charge in [0, 0.05) is 33.5 Å². The first kappa shape index (κ1) is 29.7. The van der Waals surface area contributed by atoms with E-state index in [-0.39, 0.29) is 0 Å². The highest BCUT2D eigenvalue weighted by Crippen LogP contribution is 2.62. The van der Waals surface area contributed by atoms with Crippen molar-refractivity contribution in [1.82, 2.24) is 0 Å². The zero-order valence-corrected chi connectivity index (χ0v) is 28.6. The molecule has 4 heteroatoms. The molecular formula is C49H31NO3. The molecule has 3 heterocycles. The summed E-state index contributed by atoms with van der Waals surface area (Å²) >= 11 is 0. The van der Waals surface area contributed by atoms with Crippen molar-refractivity contribution in [2.24, 2.45) is 0 Å². The molecular weight excluding hydrogens is 651 g/mol. The Morgan fingerprint density at radius 3 is 1.57 bits per heavy atom. The topological polar surface area (TPSA) is 30.9 Å². The SMILES string of the molecule is c1ccc(-c2ccc3c(c2)Oc2ccccc2C32c3ccccc3Oc3cc(-c4cccc5c4Oc4ccccc4N5c4ccccc4)ccc32)cc1. The van der Waals surface area contributed by atoms with Gasteiger partial charge in [0.25, 0.3) is 0 Å². The van der Waals surface area contributed by atoms with Gasteiger partial charge < -0.3 is 19.1 Å². The molecule has 1 spiro atoms. The largest absolute Gasteiger partial charge is 0.457 e. The second-order valence-electron chi connectivity index (χ2n) is 13.6. The normalized spacial score (nSPS) is 15.7. The maximum Gasteiger partial charge on any atom is 0.159 e. The van der Waals surface area contributed by atoms with Crippen LogP contribution in [0.1, 0.15) is 22.3 Å². The molecule has 1 unspecified atom stereocenters. The molecule has 0 saturated heterocycles. The van der Waals surface area contributed by atoms with Gasteiger partial charge in [-0.3, -0.25) is 0 Å². The van der Waals surface area contributed by atoms with Gasteiger partial charge in [0.2, 0.25) is 0 Å². The average Bonchev–Trinajstić information content (AvgIpc) is 3.22. The van der Waals surface area contributed by atoms with E-state index in [0.29, 0.717) is 0 Å². The second-order valence-corrected chi connectivity index (χ2v) is 13.6. The molecule has 8 aromatic rings. The number of anilines is 3.